The zero-order chi connectivity index (χ0) is 20.3. The van der Waals surface area contributed by atoms with Crippen molar-refractivity contribution in [3.8, 4) is 11.5 Å². The van der Waals surface area contributed by atoms with Crippen LogP contribution in [0.15, 0.2) is 58.3 Å². The van der Waals surface area contributed by atoms with Gasteiger partial charge in [-0.3, -0.25) is 9.69 Å². The molecule has 1 fully saturated rings. The van der Waals surface area contributed by atoms with Gasteiger partial charge < -0.3 is 8.92 Å². The summed E-state index contributed by atoms with van der Waals surface area (Å²) in [6.45, 7) is 2.32. The number of carbonyl (C=O) groups excluding carboxylic acids is 1. The van der Waals surface area contributed by atoms with Crippen LogP contribution in [0.4, 0.5) is 0 Å². The fourth-order valence-corrected chi connectivity index (χ4v) is 4.83. The van der Waals surface area contributed by atoms with Gasteiger partial charge in [0.1, 0.15) is 20.7 Å². The number of hydrogen-bond acceptors (Lipinski definition) is 7. The highest BCUT2D eigenvalue weighted by Crippen LogP contribution is 2.34. The maximum atomic E-state index is 12.6. The SMILES string of the molecule is CCN1C(=O)C(=Cc2ccccc2OS(=O)(=O)c2ccc(OC)cc2)SC1=S. The van der Waals surface area contributed by atoms with Crippen LogP contribution >= 0.6 is 24.0 Å². The molecule has 0 saturated carbocycles. The first-order chi connectivity index (χ1) is 13.4. The number of likely N-dealkylation sites (N-methyl/N-ethyl adjacent to an activating group) is 1. The maximum absolute atomic E-state index is 12.6. The molecule has 146 valence electrons. The van der Waals surface area contributed by atoms with Gasteiger partial charge in [-0.05, 0) is 43.3 Å². The summed E-state index contributed by atoms with van der Waals surface area (Å²) in [6, 6.07) is 12.5. The van der Waals surface area contributed by atoms with Gasteiger partial charge in [-0.2, -0.15) is 8.42 Å². The third kappa shape index (κ3) is 4.21. The fourth-order valence-electron chi connectivity index (χ4n) is 2.50. The number of thiocarbonyl (C=S) groups is 1. The molecule has 1 amide bonds. The van der Waals surface area contributed by atoms with Crippen LogP contribution in [0.3, 0.4) is 0 Å². The van der Waals surface area contributed by atoms with Crippen molar-refractivity contribution in [1.82, 2.24) is 4.90 Å². The molecule has 0 atom stereocenters. The van der Waals surface area contributed by atoms with Gasteiger partial charge in [-0.25, -0.2) is 0 Å². The second kappa shape index (κ2) is 8.34. The molecule has 6 nitrogen and oxygen atoms in total. The van der Waals surface area contributed by atoms with Gasteiger partial charge in [0.05, 0.1) is 12.0 Å². The fraction of sp³-hybridized carbons (Fsp3) is 0.158. The normalized spacial score (nSPS) is 15.9. The third-order valence-corrected chi connectivity index (χ3v) is 6.57. The van der Waals surface area contributed by atoms with E-state index in [0.717, 1.165) is 0 Å². The number of benzene rings is 2. The Morgan fingerprint density at radius 2 is 1.82 bits per heavy atom. The van der Waals surface area contributed by atoms with Crippen molar-refractivity contribution in [1.29, 1.82) is 0 Å². The molecule has 1 heterocycles. The van der Waals surface area contributed by atoms with Crippen molar-refractivity contribution in [3.05, 3.63) is 59.0 Å². The summed E-state index contributed by atoms with van der Waals surface area (Å²) in [5.74, 6) is 0.461. The molecule has 3 rings (SSSR count). The van der Waals surface area contributed by atoms with Gasteiger partial charge in [0.25, 0.3) is 5.91 Å². The molecule has 0 radical (unpaired) electrons. The number of hydrogen-bond donors (Lipinski definition) is 0. The lowest BCUT2D eigenvalue weighted by molar-refractivity contribution is -0.121. The Hall–Kier alpha value is -2.36. The minimum Gasteiger partial charge on any atom is -0.497 e. The van der Waals surface area contributed by atoms with Crippen molar-refractivity contribution in [3.63, 3.8) is 0 Å². The number of carbonyl (C=O) groups is 1. The van der Waals surface area contributed by atoms with E-state index in [9.17, 15) is 13.2 Å². The molecule has 2 aromatic carbocycles. The van der Waals surface area contributed by atoms with E-state index in [1.807, 2.05) is 6.92 Å². The van der Waals surface area contributed by atoms with Crippen LogP contribution in [0, 0.1) is 0 Å². The summed E-state index contributed by atoms with van der Waals surface area (Å²) in [5, 5.41) is 0. The lowest BCUT2D eigenvalue weighted by Crippen LogP contribution is -2.27. The molecule has 0 aromatic heterocycles. The van der Waals surface area contributed by atoms with Gasteiger partial charge in [-0.1, -0.05) is 42.2 Å². The molecule has 1 saturated heterocycles. The molecular weight excluding hydrogens is 418 g/mol. The molecule has 0 N–H and O–H groups in total. The average molecular weight is 436 g/mol. The van der Waals surface area contributed by atoms with Crippen molar-refractivity contribution >= 4 is 50.4 Å². The predicted molar refractivity (Wildman–Crippen MR) is 113 cm³/mol. The number of methoxy groups -OCH3 is 1. The maximum Gasteiger partial charge on any atom is 0.339 e. The first-order valence-electron chi connectivity index (χ1n) is 8.28. The van der Waals surface area contributed by atoms with Crippen molar-refractivity contribution in [2.45, 2.75) is 11.8 Å². The first kappa shape index (κ1) is 20.4. The molecule has 0 unspecified atom stereocenters. The van der Waals surface area contributed by atoms with Gasteiger partial charge in [0.2, 0.25) is 0 Å². The van der Waals surface area contributed by atoms with E-state index in [2.05, 4.69) is 0 Å². The van der Waals surface area contributed by atoms with Gasteiger partial charge in [0.15, 0.2) is 0 Å². The average Bonchev–Trinajstić information content (AvgIpc) is 2.95. The second-order valence-electron chi connectivity index (χ2n) is 5.68. The zero-order valence-corrected chi connectivity index (χ0v) is 17.6. The Morgan fingerprint density at radius 3 is 2.43 bits per heavy atom. The summed E-state index contributed by atoms with van der Waals surface area (Å²) < 4.78 is 36.1. The highest BCUT2D eigenvalue weighted by atomic mass is 32.2. The Bertz CT molecular complexity index is 1050. The lowest BCUT2D eigenvalue weighted by atomic mass is 10.2. The number of ether oxygens (including phenoxy) is 1. The molecule has 9 heteroatoms. The largest absolute Gasteiger partial charge is 0.497 e. The number of thioether (sulfide) groups is 1. The van der Waals surface area contributed by atoms with E-state index >= 15 is 0 Å². The Morgan fingerprint density at radius 1 is 1.14 bits per heavy atom. The van der Waals surface area contributed by atoms with Crippen LogP contribution in [-0.2, 0) is 14.9 Å². The van der Waals surface area contributed by atoms with Crippen LogP contribution < -0.4 is 8.92 Å². The summed E-state index contributed by atoms with van der Waals surface area (Å²) in [6.07, 6.45) is 1.59. The van der Waals surface area contributed by atoms with Crippen LogP contribution in [-0.4, -0.2) is 37.2 Å². The molecule has 0 bridgehead atoms. The molecule has 1 aliphatic rings. The second-order valence-corrected chi connectivity index (χ2v) is 8.90. The van der Waals surface area contributed by atoms with Crippen molar-refractivity contribution < 1.29 is 22.1 Å². The number of nitrogens with zero attached hydrogens (tertiary/aromatic N) is 1. The number of para-hydroxylation sites is 1. The Kier molecular flexibility index (Phi) is 6.07. The van der Waals surface area contributed by atoms with Gasteiger partial charge >= 0.3 is 10.1 Å². The molecular formula is C19H17NO5S3. The van der Waals surface area contributed by atoms with Crippen LogP contribution in [0.5, 0.6) is 11.5 Å². The zero-order valence-electron chi connectivity index (χ0n) is 15.1. The van der Waals surface area contributed by atoms with Gasteiger partial charge in [-0.15, -0.1) is 0 Å². The summed E-state index contributed by atoms with van der Waals surface area (Å²) in [5.41, 5.74) is 0.469. The van der Waals surface area contributed by atoms with Gasteiger partial charge in [0, 0.05) is 12.1 Å². The van der Waals surface area contributed by atoms with E-state index in [1.165, 1.54) is 54.1 Å². The Labute approximate surface area is 173 Å². The summed E-state index contributed by atoms with van der Waals surface area (Å²) >= 11 is 6.38. The molecule has 0 aliphatic carbocycles. The highest BCUT2D eigenvalue weighted by Gasteiger charge is 2.31. The molecule has 2 aromatic rings. The smallest absolute Gasteiger partial charge is 0.339 e. The summed E-state index contributed by atoms with van der Waals surface area (Å²) in [7, 11) is -2.55. The number of rotatable bonds is 6. The molecule has 1 aliphatic heterocycles. The molecule has 28 heavy (non-hydrogen) atoms. The van der Waals surface area contributed by atoms with Crippen molar-refractivity contribution in [2.75, 3.05) is 13.7 Å². The predicted octanol–water partition coefficient (Wildman–Crippen LogP) is 3.68. The monoisotopic (exact) mass is 435 g/mol. The third-order valence-electron chi connectivity index (χ3n) is 3.94. The quantitative estimate of drug-likeness (QED) is 0.389. The standard InChI is InChI=1S/C19H17NO5S3/c1-3-20-18(21)17(27-19(20)26)12-13-6-4-5-7-16(13)25-28(22,23)15-10-8-14(24-2)9-11-15/h4-12H,3H2,1-2H3. The van der Waals surface area contributed by atoms with Crippen LogP contribution in [0.25, 0.3) is 6.08 Å². The van der Waals surface area contributed by atoms with E-state index in [0.29, 0.717) is 27.1 Å². The Balaban J connectivity index is 1.91. The van der Waals surface area contributed by atoms with E-state index in [4.69, 9.17) is 21.1 Å². The highest BCUT2D eigenvalue weighted by molar-refractivity contribution is 8.26. The summed E-state index contributed by atoms with van der Waals surface area (Å²) in [4.78, 5) is 14.3. The van der Waals surface area contributed by atoms with Crippen LogP contribution in [0.1, 0.15) is 12.5 Å². The van der Waals surface area contributed by atoms with E-state index in [1.54, 1.807) is 24.3 Å². The van der Waals surface area contributed by atoms with Crippen molar-refractivity contribution in [2.24, 2.45) is 0 Å². The number of amides is 1. The van der Waals surface area contributed by atoms with E-state index < -0.39 is 10.1 Å². The first-order valence-corrected chi connectivity index (χ1v) is 10.9. The van der Waals surface area contributed by atoms with Crippen LogP contribution in [0.2, 0.25) is 0 Å². The van der Waals surface area contributed by atoms with E-state index in [-0.39, 0.29) is 16.6 Å². The lowest BCUT2D eigenvalue weighted by Gasteiger charge is -2.11. The molecule has 0 spiro atoms. The minimum absolute atomic E-state index is 0.000379. The topological polar surface area (TPSA) is 72.9 Å². The minimum atomic E-state index is -4.05.